The van der Waals surface area contributed by atoms with Crippen molar-refractivity contribution in [2.75, 3.05) is 38.1 Å². The summed E-state index contributed by atoms with van der Waals surface area (Å²) in [5.74, 6) is -0.372. The molecule has 1 N–H and O–H groups in total. The van der Waals surface area contributed by atoms with Gasteiger partial charge in [-0.25, -0.2) is 14.8 Å². The first-order valence-electron chi connectivity index (χ1n) is 15.3. The molecule has 10 nitrogen and oxygen atoms in total. The van der Waals surface area contributed by atoms with Crippen LogP contribution in [0.15, 0.2) is 47.8 Å². The SMILES string of the molecule is Cc1csc(-c2ccc(C)c(N(CC(=O)NCCN(C(=O)OC(C)(C)C)C(C)C)CC(=O)N(C)N3Cc4ccccc4C3)c2)n1. The third kappa shape index (κ3) is 9.04. The van der Waals surface area contributed by atoms with Crippen LogP contribution < -0.4 is 10.2 Å². The van der Waals surface area contributed by atoms with E-state index in [1.54, 1.807) is 28.3 Å². The van der Waals surface area contributed by atoms with Gasteiger partial charge in [0.2, 0.25) is 5.91 Å². The minimum Gasteiger partial charge on any atom is -0.444 e. The van der Waals surface area contributed by atoms with Gasteiger partial charge in [-0.05, 0) is 71.2 Å². The molecule has 3 aromatic rings. The van der Waals surface area contributed by atoms with Crippen molar-refractivity contribution in [2.45, 2.75) is 73.2 Å². The number of benzene rings is 2. The van der Waals surface area contributed by atoms with Gasteiger partial charge in [0.25, 0.3) is 5.91 Å². The first kappa shape index (κ1) is 33.9. The maximum absolute atomic E-state index is 13.7. The number of anilines is 1. The summed E-state index contributed by atoms with van der Waals surface area (Å²) in [5.41, 5.74) is 5.41. The average molecular weight is 635 g/mol. The molecule has 0 radical (unpaired) electrons. The fourth-order valence-corrected chi connectivity index (χ4v) is 5.97. The number of ether oxygens (including phenoxy) is 1. The molecule has 0 atom stereocenters. The largest absolute Gasteiger partial charge is 0.444 e. The Morgan fingerprint density at radius 1 is 1.04 bits per heavy atom. The number of thiazole rings is 1. The van der Waals surface area contributed by atoms with Crippen molar-refractivity contribution in [3.05, 3.63) is 70.2 Å². The normalized spacial score (nSPS) is 13.0. The van der Waals surface area contributed by atoms with Crippen LogP contribution in [0.4, 0.5) is 10.5 Å². The highest BCUT2D eigenvalue weighted by Crippen LogP contribution is 2.30. The molecule has 4 rings (SSSR count). The summed E-state index contributed by atoms with van der Waals surface area (Å²) in [6, 6.07) is 14.1. The summed E-state index contributed by atoms with van der Waals surface area (Å²) in [6.07, 6.45) is -0.420. The van der Waals surface area contributed by atoms with Crippen LogP contribution in [0, 0.1) is 13.8 Å². The van der Waals surface area contributed by atoms with Crippen LogP contribution >= 0.6 is 11.3 Å². The van der Waals surface area contributed by atoms with E-state index >= 15 is 0 Å². The van der Waals surface area contributed by atoms with E-state index in [-0.39, 0.29) is 37.5 Å². The zero-order chi connectivity index (χ0) is 32.9. The van der Waals surface area contributed by atoms with Gasteiger partial charge >= 0.3 is 6.09 Å². The number of carbonyl (C=O) groups excluding carboxylic acids is 3. The molecule has 242 valence electrons. The van der Waals surface area contributed by atoms with Crippen LogP contribution in [-0.2, 0) is 27.4 Å². The highest BCUT2D eigenvalue weighted by atomic mass is 32.1. The van der Waals surface area contributed by atoms with Gasteiger partial charge in [-0.15, -0.1) is 11.3 Å². The highest BCUT2D eigenvalue weighted by molar-refractivity contribution is 7.13. The van der Waals surface area contributed by atoms with Crippen LogP contribution in [-0.4, -0.2) is 82.7 Å². The van der Waals surface area contributed by atoms with Gasteiger partial charge in [0.1, 0.15) is 10.6 Å². The quantitative estimate of drug-likeness (QED) is 0.302. The molecule has 0 saturated heterocycles. The van der Waals surface area contributed by atoms with Crippen LogP contribution in [0.1, 0.15) is 57.0 Å². The Bertz CT molecular complexity index is 1490. The lowest BCUT2D eigenvalue weighted by atomic mass is 10.1. The second-order valence-electron chi connectivity index (χ2n) is 12.8. The molecule has 2 heterocycles. The summed E-state index contributed by atoms with van der Waals surface area (Å²) in [6.45, 7) is 15.1. The third-order valence-corrected chi connectivity index (χ3v) is 8.62. The van der Waals surface area contributed by atoms with Crippen LogP contribution in [0.25, 0.3) is 10.6 Å². The molecule has 0 saturated carbocycles. The van der Waals surface area contributed by atoms with E-state index in [0.29, 0.717) is 19.6 Å². The number of rotatable bonds is 11. The zero-order valence-electron chi connectivity index (χ0n) is 27.7. The van der Waals surface area contributed by atoms with Gasteiger partial charge in [0.15, 0.2) is 0 Å². The summed E-state index contributed by atoms with van der Waals surface area (Å²) >= 11 is 1.56. The fourth-order valence-electron chi connectivity index (χ4n) is 5.17. The lowest BCUT2D eigenvalue weighted by molar-refractivity contribution is -0.145. The Kier molecular flexibility index (Phi) is 10.9. The maximum Gasteiger partial charge on any atom is 0.410 e. The van der Waals surface area contributed by atoms with Crippen LogP contribution in [0.3, 0.4) is 0 Å². The van der Waals surface area contributed by atoms with Gasteiger partial charge in [-0.2, -0.15) is 0 Å². The molecule has 0 aliphatic carbocycles. The molecule has 1 aliphatic rings. The number of likely N-dealkylation sites (N-methyl/N-ethyl adjacent to an activating group) is 1. The Labute approximate surface area is 270 Å². The van der Waals surface area contributed by atoms with Gasteiger partial charge in [0, 0.05) is 61.6 Å². The Morgan fingerprint density at radius 3 is 2.29 bits per heavy atom. The highest BCUT2D eigenvalue weighted by Gasteiger charge is 2.28. The smallest absolute Gasteiger partial charge is 0.410 e. The van der Waals surface area contributed by atoms with E-state index in [0.717, 1.165) is 27.5 Å². The summed E-state index contributed by atoms with van der Waals surface area (Å²) < 4.78 is 5.55. The number of hydrogen-bond acceptors (Lipinski definition) is 8. The van der Waals surface area contributed by atoms with Crippen molar-refractivity contribution in [3.8, 4) is 10.6 Å². The van der Waals surface area contributed by atoms with E-state index < -0.39 is 11.7 Å². The van der Waals surface area contributed by atoms with Gasteiger partial charge in [0.05, 0.1) is 13.1 Å². The van der Waals surface area contributed by atoms with E-state index in [2.05, 4.69) is 22.4 Å². The fraction of sp³-hybridized carbons (Fsp3) is 0.471. The van der Waals surface area contributed by atoms with Crippen molar-refractivity contribution in [3.63, 3.8) is 0 Å². The first-order valence-corrected chi connectivity index (χ1v) is 16.2. The molecule has 0 bridgehead atoms. The van der Waals surface area contributed by atoms with Crippen molar-refractivity contribution in [1.29, 1.82) is 0 Å². The maximum atomic E-state index is 13.7. The van der Waals surface area contributed by atoms with E-state index in [1.165, 1.54) is 11.1 Å². The Morgan fingerprint density at radius 2 is 1.71 bits per heavy atom. The minimum absolute atomic E-state index is 0.00792. The number of nitrogens with one attached hydrogen (secondary N) is 1. The van der Waals surface area contributed by atoms with E-state index in [4.69, 9.17) is 4.74 Å². The minimum atomic E-state index is -0.616. The number of nitrogens with zero attached hydrogens (tertiary/aromatic N) is 5. The first-order chi connectivity index (χ1) is 21.2. The summed E-state index contributed by atoms with van der Waals surface area (Å²) in [5, 5.41) is 9.52. The van der Waals surface area contributed by atoms with Gasteiger partial charge < -0.3 is 19.9 Å². The van der Waals surface area contributed by atoms with Crippen molar-refractivity contribution < 1.29 is 19.1 Å². The number of hydrogen-bond donors (Lipinski definition) is 1. The van der Waals surface area contributed by atoms with Gasteiger partial charge in [-0.3, -0.25) is 14.6 Å². The van der Waals surface area contributed by atoms with E-state index in [9.17, 15) is 14.4 Å². The van der Waals surface area contributed by atoms with Crippen LogP contribution in [0.5, 0.6) is 0 Å². The number of hydrazine groups is 1. The number of carbonyl (C=O) groups is 3. The standard InChI is InChI=1S/C34H46N6O4S/c1-23(2)40(33(43)44-34(5,6)7)16-15-35-30(41)20-38(29-17-26(14-13-24(29)3)32-36-25(4)22-45-32)21-31(42)37(8)39-18-27-11-9-10-12-28(27)19-39/h9-14,17,22-23H,15-16,18-21H2,1-8H3,(H,35,41). The number of aryl methyl sites for hydroxylation is 2. The molecule has 0 fully saturated rings. The van der Waals surface area contributed by atoms with Crippen molar-refractivity contribution in [2.24, 2.45) is 0 Å². The third-order valence-electron chi connectivity index (χ3n) is 7.61. The van der Waals surface area contributed by atoms with Crippen molar-refractivity contribution in [1.82, 2.24) is 25.2 Å². The van der Waals surface area contributed by atoms with Crippen molar-refractivity contribution >= 4 is 34.9 Å². The lowest BCUT2D eigenvalue weighted by Gasteiger charge is -2.32. The molecule has 3 amide bonds. The molecule has 0 unspecified atom stereocenters. The topological polar surface area (TPSA) is 98.3 Å². The second-order valence-corrected chi connectivity index (χ2v) is 13.6. The number of fused-ring (bicyclic) bond motifs is 1. The predicted octanol–water partition coefficient (Wildman–Crippen LogP) is 5.38. The molecular weight excluding hydrogens is 588 g/mol. The van der Waals surface area contributed by atoms with Crippen LogP contribution in [0.2, 0.25) is 0 Å². The summed E-state index contributed by atoms with van der Waals surface area (Å²) in [7, 11) is 1.78. The number of amides is 3. The molecule has 2 aromatic carbocycles. The molecular formula is C34H46N6O4S. The molecule has 1 aromatic heterocycles. The Hall–Kier alpha value is -3.96. The average Bonchev–Trinajstić information content (AvgIpc) is 3.60. The Balaban J connectivity index is 1.49. The molecule has 11 heteroatoms. The van der Waals surface area contributed by atoms with E-state index in [1.807, 2.05) is 94.1 Å². The number of aromatic nitrogens is 1. The van der Waals surface area contributed by atoms with Gasteiger partial charge in [-0.1, -0.05) is 36.4 Å². The monoisotopic (exact) mass is 634 g/mol. The molecule has 45 heavy (non-hydrogen) atoms. The predicted molar refractivity (Wildman–Crippen MR) is 179 cm³/mol. The molecule has 0 spiro atoms. The summed E-state index contributed by atoms with van der Waals surface area (Å²) in [4.78, 5) is 47.9. The molecule has 1 aliphatic heterocycles. The second kappa shape index (κ2) is 14.4. The zero-order valence-corrected chi connectivity index (χ0v) is 28.5. The lowest BCUT2D eigenvalue weighted by Crippen LogP contribution is -2.49.